The van der Waals surface area contributed by atoms with Crippen molar-refractivity contribution in [2.45, 2.75) is 12.7 Å². The first-order chi connectivity index (χ1) is 7.52. The summed E-state index contributed by atoms with van der Waals surface area (Å²) in [7, 11) is 1.73. The maximum Gasteiger partial charge on any atom is 0.416 e. The highest BCUT2D eigenvalue weighted by Gasteiger charge is 2.30. The molecule has 2 aromatic rings. The lowest BCUT2D eigenvalue weighted by Gasteiger charge is -2.06. The van der Waals surface area contributed by atoms with Gasteiger partial charge in [-0.1, -0.05) is 0 Å². The maximum atomic E-state index is 12.5. The highest BCUT2D eigenvalue weighted by atomic mass is 19.4. The van der Waals surface area contributed by atoms with E-state index in [1.54, 1.807) is 7.05 Å². The molecule has 5 heteroatoms. The zero-order chi connectivity index (χ0) is 11.8. The number of rotatable bonds is 2. The predicted molar refractivity (Wildman–Crippen MR) is 54.0 cm³/mol. The van der Waals surface area contributed by atoms with Gasteiger partial charge in [-0.25, -0.2) is 0 Å². The summed E-state index contributed by atoms with van der Waals surface area (Å²) in [5, 5.41) is 3.38. The van der Waals surface area contributed by atoms with E-state index in [1.807, 2.05) is 0 Å². The third-order valence-electron chi connectivity index (χ3n) is 2.35. The molecule has 86 valence electrons. The molecule has 0 saturated heterocycles. The molecule has 16 heavy (non-hydrogen) atoms. The van der Waals surface area contributed by atoms with Crippen LogP contribution in [0.1, 0.15) is 11.1 Å². The molecule has 0 aliphatic heterocycles. The molecule has 1 N–H and O–H groups in total. The number of fused-ring (bicyclic) bond motifs is 1. The van der Waals surface area contributed by atoms with Gasteiger partial charge in [0.15, 0.2) is 0 Å². The van der Waals surface area contributed by atoms with Gasteiger partial charge in [-0.05, 0) is 25.2 Å². The van der Waals surface area contributed by atoms with Crippen molar-refractivity contribution in [1.29, 1.82) is 0 Å². The average Bonchev–Trinajstić information content (AvgIpc) is 2.60. The summed E-state index contributed by atoms with van der Waals surface area (Å²) in [5.74, 6) is 0. The van der Waals surface area contributed by atoms with E-state index in [1.165, 1.54) is 12.3 Å². The van der Waals surface area contributed by atoms with Crippen LogP contribution >= 0.6 is 0 Å². The highest BCUT2D eigenvalue weighted by molar-refractivity contribution is 5.81. The zero-order valence-electron chi connectivity index (χ0n) is 8.56. The summed E-state index contributed by atoms with van der Waals surface area (Å²) in [6.45, 7) is 0.480. The van der Waals surface area contributed by atoms with Crippen LogP contribution in [0.3, 0.4) is 0 Å². The largest absolute Gasteiger partial charge is 0.464 e. The smallest absolute Gasteiger partial charge is 0.416 e. The fourth-order valence-corrected chi connectivity index (χ4v) is 1.59. The number of halogens is 3. The van der Waals surface area contributed by atoms with Gasteiger partial charge >= 0.3 is 6.18 Å². The summed E-state index contributed by atoms with van der Waals surface area (Å²) < 4.78 is 42.6. The van der Waals surface area contributed by atoms with Crippen molar-refractivity contribution in [3.05, 3.63) is 35.6 Å². The van der Waals surface area contributed by atoms with Crippen molar-refractivity contribution in [2.24, 2.45) is 0 Å². The number of hydrogen-bond donors (Lipinski definition) is 1. The summed E-state index contributed by atoms with van der Waals surface area (Å²) >= 11 is 0. The van der Waals surface area contributed by atoms with Crippen LogP contribution in [-0.4, -0.2) is 7.05 Å². The summed E-state index contributed by atoms with van der Waals surface area (Å²) in [4.78, 5) is 0. The Morgan fingerprint density at radius 3 is 2.69 bits per heavy atom. The molecule has 2 rings (SSSR count). The molecule has 0 unspecified atom stereocenters. The van der Waals surface area contributed by atoms with Gasteiger partial charge in [0.2, 0.25) is 0 Å². The predicted octanol–water partition coefficient (Wildman–Crippen LogP) is 3.17. The molecule has 0 bridgehead atoms. The van der Waals surface area contributed by atoms with E-state index in [0.717, 1.165) is 17.7 Å². The van der Waals surface area contributed by atoms with Crippen LogP contribution in [0.4, 0.5) is 13.2 Å². The summed E-state index contributed by atoms with van der Waals surface area (Å²) in [5.41, 5.74) is 0.542. The Morgan fingerprint density at radius 2 is 2.06 bits per heavy atom. The maximum absolute atomic E-state index is 12.5. The second-order valence-corrected chi connectivity index (χ2v) is 3.50. The fourth-order valence-electron chi connectivity index (χ4n) is 1.59. The monoisotopic (exact) mass is 229 g/mol. The van der Waals surface area contributed by atoms with Gasteiger partial charge < -0.3 is 9.73 Å². The minimum Gasteiger partial charge on any atom is -0.464 e. The van der Waals surface area contributed by atoms with E-state index >= 15 is 0 Å². The molecular formula is C11H10F3NO. The molecule has 0 aliphatic carbocycles. The van der Waals surface area contributed by atoms with Gasteiger partial charge in [-0.3, -0.25) is 0 Å². The Kier molecular flexibility index (Phi) is 2.63. The van der Waals surface area contributed by atoms with E-state index < -0.39 is 11.7 Å². The molecule has 0 amide bonds. The highest BCUT2D eigenvalue weighted by Crippen LogP contribution is 2.32. The van der Waals surface area contributed by atoms with Crippen molar-refractivity contribution < 1.29 is 17.6 Å². The topological polar surface area (TPSA) is 25.2 Å². The Balaban J connectivity index is 2.54. The standard InChI is InChI=1S/C11H10F3NO/c1-15-5-7-6-16-10-3-2-8(4-9(7)10)11(12,13)14/h2-4,6,15H,5H2,1H3. The van der Waals surface area contributed by atoms with E-state index in [-0.39, 0.29) is 0 Å². The second-order valence-electron chi connectivity index (χ2n) is 3.50. The van der Waals surface area contributed by atoms with Gasteiger partial charge in [0, 0.05) is 17.5 Å². The Hall–Kier alpha value is -1.49. The molecule has 0 saturated carbocycles. The summed E-state index contributed by atoms with van der Waals surface area (Å²) in [6, 6.07) is 3.48. The molecule has 0 atom stereocenters. The Labute approximate surface area is 90.0 Å². The van der Waals surface area contributed by atoms with E-state index in [2.05, 4.69) is 5.32 Å². The first-order valence-corrected chi connectivity index (χ1v) is 4.74. The number of hydrogen-bond acceptors (Lipinski definition) is 2. The summed E-state index contributed by atoms with van der Waals surface area (Å²) in [6.07, 6.45) is -2.84. The third-order valence-corrected chi connectivity index (χ3v) is 2.35. The van der Waals surface area contributed by atoms with Crippen LogP contribution in [-0.2, 0) is 12.7 Å². The number of furan rings is 1. The lowest BCUT2D eigenvalue weighted by atomic mass is 10.1. The number of nitrogens with one attached hydrogen (secondary N) is 1. The molecule has 0 fully saturated rings. The molecule has 1 heterocycles. The molecule has 2 nitrogen and oxygen atoms in total. The fraction of sp³-hybridized carbons (Fsp3) is 0.273. The molecular weight excluding hydrogens is 219 g/mol. The van der Waals surface area contributed by atoms with E-state index in [9.17, 15) is 13.2 Å². The quantitative estimate of drug-likeness (QED) is 0.855. The zero-order valence-corrected chi connectivity index (χ0v) is 8.56. The molecule has 1 aromatic heterocycles. The lowest BCUT2D eigenvalue weighted by molar-refractivity contribution is -0.137. The minimum atomic E-state index is -4.32. The van der Waals surface area contributed by atoms with Crippen LogP contribution in [0.15, 0.2) is 28.9 Å². The van der Waals surface area contributed by atoms with Crippen molar-refractivity contribution in [1.82, 2.24) is 5.32 Å². The average molecular weight is 229 g/mol. The first kappa shape index (κ1) is 11.0. The van der Waals surface area contributed by atoms with Crippen molar-refractivity contribution in [2.75, 3.05) is 7.05 Å². The molecule has 0 radical (unpaired) electrons. The molecule has 0 aliphatic rings. The normalized spacial score (nSPS) is 12.2. The van der Waals surface area contributed by atoms with Gasteiger partial charge in [-0.2, -0.15) is 13.2 Å². The van der Waals surface area contributed by atoms with Crippen molar-refractivity contribution >= 4 is 11.0 Å². The lowest BCUT2D eigenvalue weighted by Crippen LogP contribution is -2.06. The molecule has 1 aromatic carbocycles. The third kappa shape index (κ3) is 1.90. The minimum absolute atomic E-state index is 0.471. The first-order valence-electron chi connectivity index (χ1n) is 4.74. The number of benzene rings is 1. The Morgan fingerprint density at radius 1 is 1.31 bits per heavy atom. The van der Waals surface area contributed by atoms with Crippen LogP contribution in [0.25, 0.3) is 11.0 Å². The van der Waals surface area contributed by atoms with Gasteiger partial charge in [-0.15, -0.1) is 0 Å². The van der Waals surface area contributed by atoms with Gasteiger partial charge in [0.05, 0.1) is 11.8 Å². The Bertz CT molecular complexity index is 501. The SMILES string of the molecule is CNCc1coc2ccc(C(F)(F)F)cc12. The van der Waals surface area contributed by atoms with Crippen LogP contribution in [0.2, 0.25) is 0 Å². The molecule has 0 spiro atoms. The van der Waals surface area contributed by atoms with E-state index in [4.69, 9.17) is 4.42 Å². The van der Waals surface area contributed by atoms with Gasteiger partial charge in [0.25, 0.3) is 0 Å². The van der Waals surface area contributed by atoms with E-state index in [0.29, 0.717) is 17.5 Å². The van der Waals surface area contributed by atoms with Crippen LogP contribution in [0, 0.1) is 0 Å². The van der Waals surface area contributed by atoms with Crippen LogP contribution in [0.5, 0.6) is 0 Å². The van der Waals surface area contributed by atoms with Crippen molar-refractivity contribution in [3.8, 4) is 0 Å². The van der Waals surface area contributed by atoms with Crippen molar-refractivity contribution in [3.63, 3.8) is 0 Å². The number of alkyl halides is 3. The second kappa shape index (κ2) is 3.83. The van der Waals surface area contributed by atoms with Gasteiger partial charge in [0.1, 0.15) is 5.58 Å². The van der Waals surface area contributed by atoms with Crippen LogP contribution < -0.4 is 5.32 Å².